The number of methoxy groups -OCH3 is 1. The number of rotatable bonds is 9. The van der Waals surface area contributed by atoms with Gasteiger partial charge in [0, 0.05) is 20.1 Å². The number of nitrogens with one attached hydrogen (secondary N) is 1. The maximum Gasteiger partial charge on any atom is 0.220 e. The van der Waals surface area contributed by atoms with E-state index in [1.165, 1.54) is 0 Å². The van der Waals surface area contributed by atoms with Crippen molar-refractivity contribution in [1.29, 1.82) is 0 Å². The van der Waals surface area contributed by atoms with Crippen molar-refractivity contribution in [3.05, 3.63) is 0 Å². The first kappa shape index (κ1) is 15.4. The van der Waals surface area contributed by atoms with Crippen LogP contribution in [0.15, 0.2) is 0 Å². The van der Waals surface area contributed by atoms with Crippen molar-refractivity contribution in [3.8, 4) is 0 Å². The molecule has 0 fully saturated rings. The van der Waals surface area contributed by atoms with E-state index < -0.39 is 0 Å². The molecule has 1 amide bonds. The summed E-state index contributed by atoms with van der Waals surface area (Å²) in [7, 11) is 1.65. The summed E-state index contributed by atoms with van der Waals surface area (Å²) >= 11 is 0. The van der Waals surface area contributed by atoms with Crippen LogP contribution in [-0.4, -0.2) is 31.7 Å². The van der Waals surface area contributed by atoms with E-state index in [2.05, 4.69) is 5.32 Å². The molecule has 96 valence electrons. The number of hydrogen-bond acceptors (Lipinski definition) is 3. The summed E-state index contributed by atoms with van der Waals surface area (Å²) in [5.74, 6) is 0.109. The lowest BCUT2D eigenvalue weighted by molar-refractivity contribution is -0.122. The molecular weight excluding hydrogens is 204 g/mol. The molecule has 0 radical (unpaired) electrons. The summed E-state index contributed by atoms with van der Waals surface area (Å²) in [6, 6.07) is 0. The number of ether oxygens (including phenoxy) is 1. The molecule has 3 N–H and O–H groups in total. The predicted molar refractivity (Wildman–Crippen MR) is 66.2 cm³/mol. The predicted octanol–water partition coefficient (Wildman–Crippen LogP) is 1.44. The molecule has 0 aliphatic heterocycles. The first-order chi connectivity index (χ1) is 7.52. The summed E-state index contributed by atoms with van der Waals surface area (Å²) in [6.07, 6.45) is 4.80. The average Bonchev–Trinajstić information content (AvgIpc) is 2.26. The van der Waals surface area contributed by atoms with Crippen molar-refractivity contribution in [2.75, 3.05) is 20.2 Å². The number of amides is 1. The first-order valence-electron chi connectivity index (χ1n) is 6.04. The molecule has 0 spiro atoms. The standard InChI is InChI=1S/C12H26N2O2/c1-12(2,16-3)10-14-11(15)8-6-4-5-7-9-13/h4-10,13H2,1-3H3,(H,14,15). The van der Waals surface area contributed by atoms with Crippen LogP contribution in [0.2, 0.25) is 0 Å². The van der Waals surface area contributed by atoms with Crippen molar-refractivity contribution >= 4 is 5.91 Å². The van der Waals surface area contributed by atoms with Crippen LogP contribution in [0, 0.1) is 0 Å². The molecule has 0 saturated carbocycles. The zero-order valence-corrected chi connectivity index (χ0v) is 10.8. The third-order valence-corrected chi connectivity index (χ3v) is 2.62. The topological polar surface area (TPSA) is 64.3 Å². The van der Waals surface area contributed by atoms with Gasteiger partial charge in [0.1, 0.15) is 0 Å². The van der Waals surface area contributed by atoms with Gasteiger partial charge in [-0.1, -0.05) is 12.8 Å². The van der Waals surface area contributed by atoms with Crippen LogP contribution in [0.5, 0.6) is 0 Å². The van der Waals surface area contributed by atoms with Crippen LogP contribution in [0.1, 0.15) is 46.0 Å². The largest absolute Gasteiger partial charge is 0.377 e. The molecule has 0 atom stereocenters. The molecule has 0 saturated heterocycles. The number of unbranched alkanes of at least 4 members (excludes halogenated alkanes) is 3. The van der Waals surface area contributed by atoms with E-state index in [4.69, 9.17) is 10.5 Å². The number of carbonyl (C=O) groups excluding carboxylic acids is 1. The first-order valence-corrected chi connectivity index (χ1v) is 6.04. The van der Waals surface area contributed by atoms with Gasteiger partial charge in [0.15, 0.2) is 0 Å². The lowest BCUT2D eigenvalue weighted by atomic mass is 10.1. The molecule has 4 nitrogen and oxygen atoms in total. The Hall–Kier alpha value is -0.610. The van der Waals surface area contributed by atoms with Gasteiger partial charge in [-0.25, -0.2) is 0 Å². The second-order valence-electron chi connectivity index (χ2n) is 4.69. The van der Waals surface area contributed by atoms with Crippen LogP contribution >= 0.6 is 0 Å². The van der Waals surface area contributed by atoms with Gasteiger partial charge in [0.25, 0.3) is 0 Å². The lowest BCUT2D eigenvalue weighted by Gasteiger charge is -2.23. The second kappa shape index (κ2) is 8.53. The highest BCUT2D eigenvalue weighted by molar-refractivity contribution is 5.75. The maximum atomic E-state index is 11.4. The zero-order valence-electron chi connectivity index (χ0n) is 10.8. The summed E-state index contributed by atoms with van der Waals surface area (Å²) in [5, 5.41) is 2.88. The normalized spacial score (nSPS) is 11.5. The Morgan fingerprint density at radius 2 is 1.88 bits per heavy atom. The van der Waals surface area contributed by atoms with Crippen LogP contribution in [0.3, 0.4) is 0 Å². The highest BCUT2D eigenvalue weighted by Crippen LogP contribution is 2.06. The summed E-state index contributed by atoms with van der Waals surface area (Å²) in [5.41, 5.74) is 5.11. The fourth-order valence-electron chi connectivity index (χ4n) is 1.26. The Balaban J connectivity index is 3.45. The highest BCUT2D eigenvalue weighted by Gasteiger charge is 2.16. The molecule has 4 heteroatoms. The van der Waals surface area contributed by atoms with Crippen LogP contribution in [0.4, 0.5) is 0 Å². The molecule has 0 aliphatic rings. The molecule has 0 aromatic rings. The molecule has 0 aliphatic carbocycles. The minimum absolute atomic E-state index is 0.109. The summed E-state index contributed by atoms with van der Waals surface area (Å²) in [6.45, 7) is 5.21. The van der Waals surface area contributed by atoms with Crippen molar-refractivity contribution in [1.82, 2.24) is 5.32 Å². The molecule has 0 heterocycles. The van der Waals surface area contributed by atoms with Crippen molar-refractivity contribution in [2.45, 2.75) is 51.6 Å². The van der Waals surface area contributed by atoms with E-state index in [1.807, 2.05) is 13.8 Å². The number of nitrogens with two attached hydrogens (primary N) is 1. The van der Waals surface area contributed by atoms with Gasteiger partial charge in [-0.15, -0.1) is 0 Å². The lowest BCUT2D eigenvalue weighted by Crippen LogP contribution is -2.39. The Bertz CT molecular complexity index is 193. The average molecular weight is 230 g/mol. The molecule has 0 bridgehead atoms. The third-order valence-electron chi connectivity index (χ3n) is 2.62. The smallest absolute Gasteiger partial charge is 0.220 e. The van der Waals surface area contributed by atoms with Gasteiger partial charge in [-0.05, 0) is 33.2 Å². The summed E-state index contributed by atoms with van der Waals surface area (Å²) in [4.78, 5) is 11.4. The molecule has 0 rings (SSSR count). The summed E-state index contributed by atoms with van der Waals surface area (Å²) < 4.78 is 5.22. The van der Waals surface area contributed by atoms with Gasteiger partial charge in [-0.2, -0.15) is 0 Å². The van der Waals surface area contributed by atoms with Gasteiger partial charge in [-0.3, -0.25) is 4.79 Å². The monoisotopic (exact) mass is 230 g/mol. The van der Waals surface area contributed by atoms with Crippen molar-refractivity contribution < 1.29 is 9.53 Å². The third kappa shape index (κ3) is 8.68. The molecule has 0 unspecified atom stereocenters. The Morgan fingerprint density at radius 3 is 2.44 bits per heavy atom. The second-order valence-corrected chi connectivity index (χ2v) is 4.69. The zero-order chi connectivity index (χ0) is 12.4. The fraction of sp³-hybridized carbons (Fsp3) is 0.917. The van der Waals surface area contributed by atoms with Gasteiger partial charge >= 0.3 is 0 Å². The Labute approximate surface area is 98.9 Å². The minimum Gasteiger partial charge on any atom is -0.377 e. The Morgan fingerprint density at radius 1 is 1.25 bits per heavy atom. The number of carbonyl (C=O) groups is 1. The molecule has 16 heavy (non-hydrogen) atoms. The van der Waals surface area contributed by atoms with Crippen molar-refractivity contribution in [3.63, 3.8) is 0 Å². The van der Waals surface area contributed by atoms with Gasteiger partial charge < -0.3 is 15.8 Å². The van der Waals surface area contributed by atoms with E-state index in [1.54, 1.807) is 7.11 Å². The van der Waals surface area contributed by atoms with Crippen LogP contribution < -0.4 is 11.1 Å². The SMILES string of the molecule is COC(C)(C)CNC(=O)CCCCCCN. The minimum atomic E-state index is -0.283. The van der Waals surface area contributed by atoms with Gasteiger partial charge in [0.2, 0.25) is 5.91 Å². The number of hydrogen-bond donors (Lipinski definition) is 2. The van der Waals surface area contributed by atoms with E-state index >= 15 is 0 Å². The van der Waals surface area contributed by atoms with Crippen molar-refractivity contribution in [2.24, 2.45) is 5.73 Å². The van der Waals surface area contributed by atoms with E-state index in [-0.39, 0.29) is 11.5 Å². The van der Waals surface area contributed by atoms with E-state index in [9.17, 15) is 4.79 Å². The fourth-order valence-corrected chi connectivity index (χ4v) is 1.26. The quantitative estimate of drug-likeness (QED) is 0.589. The maximum absolute atomic E-state index is 11.4. The molecular formula is C12H26N2O2. The Kier molecular flexibility index (Phi) is 8.21. The highest BCUT2D eigenvalue weighted by atomic mass is 16.5. The van der Waals surface area contributed by atoms with Crippen LogP contribution in [0.25, 0.3) is 0 Å². The van der Waals surface area contributed by atoms with E-state index in [0.717, 1.165) is 32.2 Å². The van der Waals surface area contributed by atoms with E-state index in [0.29, 0.717) is 13.0 Å². The van der Waals surface area contributed by atoms with Crippen LogP contribution in [-0.2, 0) is 9.53 Å². The molecule has 0 aromatic carbocycles. The van der Waals surface area contributed by atoms with Gasteiger partial charge in [0.05, 0.1) is 5.60 Å². The molecule has 0 aromatic heterocycles.